The minimum Gasteiger partial charge on any atom is -0.481 e. The van der Waals surface area contributed by atoms with E-state index in [0.717, 1.165) is 17.1 Å². The molecule has 0 aliphatic carbocycles. The van der Waals surface area contributed by atoms with Crippen molar-refractivity contribution in [1.29, 1.82) is 0 Å². The molecule has 1 atom stereocenters. The van der Waals surface area contributed by atoms with Crippen molar-refractivity contribution in [3.8, 4) is 11.5 Å². The fraction of sp³-hybridized carbons (Fsp3) is 0.417. The largest absolute Gasteiger partial charge is 0.481 e. The standard InChI is InChI=1S/C12H15NO4/c13-9(2-4-12(14)15)5-8-1-3-10-11(6-8)17-7-16-10/h1,3,6,9H,2,4-5,7,13H2,(H,14,15). The number of nitrogens with two attached hydrogens (primary N) is 1. The number of rotatable bonds is 5. The first-order valence-electron chi connectivity index (χ1n) is 5.51. The highest BCUT2D eigenvalue weighted by atomic mass is 16.7. The van der Waals surface area contributed by atoms with E-state index < -0.39 is 5.97 Å². The number of carboxylic acid groups (broad SMARTS) is 1. The van der Waals surface area contributed by atoms with E-state index in [0.29, 0.717) is 12.8 Å². The molecule has 1 heterocycles. The molecule has 0 bridgehead atoms. The van der Waals surface area contributed by atoms with Crippen LogP contribution in [-0.2, 0) is 11.2 Å². The average molecular weight is 237 g/mol. The van der Waals surface area contributed by atoms with E-state index >= 15 is 0 Å². The van der Waals surface area contributed by atoms with Crippen LogP contribution >= 0.6 is 0 Å². The second-order valence-corrected chi connectivity index (χ2v) is 4.08. The molecule has 0 aromatic heterocycles. The number of benzene rings is 1. The summed E-state index contributed by atoms with van der Waals surface area (Å²) in [6, 6.07) is 5.52. The Bertz CT molecular complexity index is 419. The zero-order valence-electron chi connectivity index (χ0n) is 9.39. The highest BCUT2D eigenvalue weighted by Gasteiger charge is 2.14. The number of carboxylic acids is 1. The monoisotopic (exact) mass is 237 g/mol. The van der Waals surface area contributed by atoms with Crippen molar-refractivity contribution < 1.29 is 19.4 Å². The molecule has 0 fully saturated rings. The Morgan fingerprint density at radius 1 is 1.41 bits per heavy atom. The lowest BCUT2D eigenvalue weighted by molar-refractivity contribution is -0.137. The first-order valence-corrected chi connectivity index (χ1v) is 5.51. The molecule has 3 N–H and O–H groups in total. The smallest absolute Gasteiger partial charge is 0.303 e. The van der Waals surface area contributed by atoms with Gasteiger partial charge in [0.25, 0.3) is 0 Å². The van der Waals surface area contributed by atoms with Crippen LogP contribution in [0.5, 0.6) is 11.5 Å². The Kier molecular flexibility index (Phi) is 3.49. The minimum atomic E-state index is -0.814. The molecule has 5 nitrogen and oxygen atoms in total. The first kappa shape index (κ1) is 11.7. The van der Waals surface area contributed by atoms with E-state index in [1.54, 1.807) is 0 Å². The fourth-order valence-electron chi connectivity index (χ4n) is 1.78. The number of hydrogen-bond donors (Lipinski definition) is 2. The Morgan fingerprint density at radius 3 is 2.94 bits per heavy atom. The molecule has 1 aliphatic heterocycles. The van der Waals surface area contributed by atoms with Gasteiger partial charge in [0.15, 0.2) is 11.5 Å². The van der Waals surface area contributed by atoms with E-state index in [1.165, 1.54) is 0 Å². The van der Waals surface area contributed by atoms with Crippen LogP contribution in [0.3, 0.4) is 0 Å². The van der Waals surface area contributed by atoms with Gasteiger partial charge in [0.1, 0.15) is 0 Å². The summed E-state index contributed by atoms with van der Waals surface area (Å²) < 4.78 is 10.5. The molecule has 1 aromatic rings. The van der Waals surface area contributed by atoms with E-state index in [1.807, 2.05) is 18.2 Å². The van der Waals surface area contributed by atoms with E-state index in [9.17, 15) is 4.79 Å². The zero-order chi connectivity index (χ0) is 12.3. The zero-order valence-corrected chi connectivity index (χ0v) is 9.39. The van der Waals surface area contributed by atoms with Crippen LogP contribution in [0, 0.1) is 0 Å². The van der Waals surface area contributed by atoms with Crippen molar-refractivity contribution in [2.24, 2.45) is 5.73 Å². The van der Waals surface area contributed by atoms with Crippen LogP contribution in [0.1, 0.15) is 18.4 Å². The highest BCUT2D eigenvalue weighted by molar-refractivity contribution is 5.66. The van der Waals surface area contributed by atoms with Crippen molar-refractivity contribution >= 4 is 5.97 Å². The summed E-state index contributed by atoms with van der Waals surface area (Å²) in [6.07, 6.45) is 1.22. The molecule has 5 heteroatoms. The number of fused-ring (bicyclic) bond motifs is 1. The van der Waals surface area contributed by atoms with Crippen molar-refractivity contribution in [1.82, 2.24) is 0 Å². The second-order valence-electron chi connectivity index (χ2n) is 4.08. The molecular formula is C12H15NO4. The lowest BCUT2D eigenvalue weighted by Gasteiger charge is -2.10. The van der Waals surface area contributed by atoms with Crippen molar-refractivity contribution in [3.05, 3.63) is 23.8 Å². The quantitative estimate of drug-likeness (QED) is 0.802. The van der Waals surface area contributed by atoms with Crippen LogP contribution in [-0.4, -0.2) is 23.9 Å². The molecular weight excluding hydrogens is 222 g/mol. The molecule has 0 amide bonds. The molecule has 0 saturated carbocycles. The predicted molar refractivity (Wildman–Crippen MR) is 61.1 cm³/mol. The van der Waals surface area contributed by atoms with E-state index in [-0.39, 0.29) is 19.3 Å². The van der Waals surface area contributed by atoms with Crippen LogP contribution < -0.4 is 15.2 Å². The van der Waals surface area contributed by atoms with E-state index in [2.05, 4.69) is 0 Å². The summed E-state index contributed by atoms with van der Waals surface area (Å²) in [6.45, 7) is 0.254. The summed E-state index contributed by atoms with van der Waals surface area (Å²) in [7, 11) is 0. The van der Waals surface area contributed by atoms with Gasteiger partial charge >= 0.3 is 5.97 Å². The van der Waals surface area contributed by atoms with Gasteiger partial charge in [0, 0.05) is 12.5 Å². The van der Waals surface area contributed by atoms with Gasteiger partial charge in [-0.25, -0.2) is 0 Å². The molecule has 17 heavy (non-hydrogen) atoms. The predicted octanol–water partition coefficient (Wildman–Crippen LogP) is 1.15. The van der Waals surface area contributed by atoms with Gasteiger partial charge in [-0.05, 0) is 30.5 Å². The van der Waals surface area contributed by atoms with Gasteiger partial charge < -0.3 is 20.3 Å². The summed E-state index contributed by atoms with van der Waals surface area (Å²) in [5, 5.41) is 8.56. The number of aliphatic carboxylic acids is 1. The summed E-state index contributed by atoms with van der Waals surface area (Å²) in [4.78, 5) is 10.4. The Morgan fingerprint density at radius 2 is 2.18 bits per heavy atom. The first-order chi connectivity index (χ1) is 8.15. The van der Waals surface area contributed by atoms with Crippen LogP contribution in [0.15, 0.2) is 18.2 Å². The van der Waals surface area contributed by atoms with Crippen molar-refractivity contribution in [2.75, 3.05) is 6.79 Å². The summed E-state index contributed by atoms with van der Waals surface area (Å²) >= 11 is 0. The second kappa shape index (κ2) is 5.05. The van der Waals surface area contributed by atoms with Crippen molar-refractivity contribution in [3.63, 3.8) is 0 Å². The summed E-state index contributed by atoms with van der Waals surface area (Å²) in [5.41, 5.74) is 6.90. The minimum absolute atomic E-state index is 0.103. The molecule has 1 aromatic carbocycles. The Labute approximate surface area is 99.1 Å². The van der Waals surface area contributed by atoms with Gasteiger partial charge in [0.2, 0.25) is 6.79 Å². The highest BCUT2D eigenvalue weighted by Crippen LogP contribution is 2.32. The lowest BCUT2D eigenvalue weighted by Crippen LogP contribution is -2.23. The Balaban J connectivity index is 1.92. The van der Waals surface area contributed by atoms with Crippen LogP contribution in [0.2, 0.25) is 0 Å². The van der Waals surface area contributed by atoms with E-state index in [4.69, 9.17) is 20.3 Å². The maximum Gasteiger partial charge on any atom is 0.303 e. The topological polar surface area (TPSA) is 81.8 Å². The third-order valence-electron chi connectivity index (χ3n) is 2.66. The number of ether oxygens (including phenoxy) is 2. The fourth-order valence-corrected chi connectivity index (χ4v) is 1.78. The maximum atomic E-state index is 10.4. The normalized spacial score (nSPS) is 14.6. The molecule has 0 radical (unpaired) electrons. The van der Waals surface area contributed by atoms with Gasteiger partial charge in [-0.1, -0.05) is 6.07 Å². The molecule has 0 spiro atoms. The van der Waals surface area contributed by atoms with Crippen molar-refractivity contribution in [2.45, 2.75) is 25.3 Å². The van der Waals surface area contributed by atoms with Crippen LogP contribution in [0.4, 0.5) is 0 Å². The van der Waals surface area contributed by atoms with Gasteiger partial charge in [-0.2, -0.15) is 0 Å². The number of hydrogen-bond acceptors (Lipinski definition) is 4. The molecule has 0 saturated heterocycles. The maximum absolute atomic E-state index is 10.4. The lowest BCUT2D eigenvalue weighted by atomic mass is 10.0. The third-order valence-corrected chi connectivity index (χ3v) is 2.66. The SMILES string of the molecule is NC(CCC(=O)O)Cc1ccc2c(c1)OCO2. The van der Waals surface area contributed by atoms with Gasteiger partial charge in [-0.3, -0.25) is 4.79 Å². The average Bonchev–Trinajstić information content (AvgIpc) is 2.73. The third kappa shape index (κ3) is 3.10. The summed E-state index contributed by atoms with van der Waals surface area (Å²) in [5.74, 6) is 0.659. The van der Waals surface area contributed by atoms with Gasteiger partial charge in [-0.15, -0.1) is 0 Å². The Hall–Kier alpha value is -1.75. The number of carbonyl (C=O) groups is 1. The molecule has 2 rings (SSSR count). The molecule has 1 unspecified atom stereocenters. The molecule has 92 valence electrons. The molecule has 1 aliphatic rings. The van der Waals surface area contributed by atoms with Gasteiger partial charge in [0.05, 0.1) is 0 Å². The van der Waals surface area contributed by atoms with Crippen LogP contribution in [0.25, 0.3) is 0 Å².